The summed E-state index contributed by atoms with van der Waals surface area (Å²) in [6, 6.07) is 14.6. The van der Waals surface area contributed by atoms with Gasteiger partial charge in [-0.25, -0.2) is 4.98 Å². The van der Waals surface area contributed by atoms with Crippen LogP contribution in [0.4, 0.5) is 5.82 Å². The van der Waals surface area contributed by atoms with E-state index in [9.17, 15) is 4.79 Å². The second-order valence-corrected chi connectivity index (χ2v) is 8.71. The second-order valence-electron chi connectivity index (χ2n) is 8.71. The van der Waals surface area contributed by atoms with Crippen molar-refractivity contribution in [2.24, 2.45) is 17.8 Å². The second kappa shape index (κ2) is 7.69. The monoisotopic (exact) mass is 391 g/mol. The van der Waals surface area contributed by atoms with Gasteiger partial charge in [0.25, 0.3) is 0 Å². The minimum atomic E-state index is 0.146. The van der Waals surface area contributed by atoms with E-state index < -0.39 is 0 Å². The standard InChI is InChI=1S/C24H29N3O2/c1-29-20-11-9-17(10-12-20)23-21-16-26(22-8-4-5-13-25-22)14-19(21)15-27(23)24(28)18-6-2-3-7-18/h4-5,8-13,18-19,21,23H,2-3,6-7,14-16H2,1H3/t19-,21-,23-/m0/s1. The molecule has 0 bridgehead atoms. The Bertz CT molecular complexity index is 848. The first-order valence-corrected chi connectivity index (χ1v) is 10.8. The number of carbonyl (C=O) groups is 1. The highest BCUT2D eigenvalue weighted by molar-refractivity contribution is 5.80. The van der Waals surface area contributed by atoms with Crippen molar-refractivity contribution in [2.45, 2.75) is 31.7 Å². The molecule has 0 N–H and O–H groups in total. The molecule has 2 aliphatic heterocycles. The van der Waals surface area contributed by atoms with Gasteiger partial charge in [-0.1, -0.05) is 31.0 Å². The Kier molecular flexibility index (Phi) is 4.90. The molecular weight excluding hydrogens is 362 g/mol. The molecule has 0 radical (unpaired) electrons. The molecule has 2 aromatic rings. The molecule has 1 aromatic carbocycles. The quantitative estimate of drug-likeness (QED) is 0.793. The molecule has 0 unspecified atom stereocenters. The summed E-state index contributed by atoms with van der Waals surface area (Å²) in [5.41, 5.74) is 1.23. The normalized spacial score (nSPS) is 26.7. The number of likely N-dealkylation sites (tertiary alicyclic amines) is 1. The highest BCUT2D eigenvalue weighted by atomic mass is 16.5. The first-order chi connectivity index (χ1) is 14.2. The van der Waals surface area contributed by atoms with Crippen molar-refractivity contribution in [3.63, 3.8) is 0 Å². The van der Waals surface area contributed by atoms with Crippen LogP contribution in [0.5, 0.6) is 5.75 Å². The maximum atomic E-state index is 13.4. The number of fused-ring (bicyclic) bond motifs is 1. The van der Waals surface area contributed by atoms with E-state index in [-0.39, 0.29) is 12.0 Å². The maximum absolute atomic E-state index is 13.4. The minimum absolute atomic E-state index is 0.146. The first kappa shape index (κ1) is 18.5. The van der Waals surface area contributed by atoms with E-state index in [0.717, 1.165) is 44.0 Å². The maximum Gasteiger partial charge on any atom is 0.226 e. The predicted octanol–water partition coefficient (Wildman–Crippen LogP) is 3.92. The summed E-state index contributed by atoms with van der Waals surface area (Å²) < 4.78 is 5.35. The minimum Gasteiger partial charge on any atom is -0.497 e. The highest BCUT2D eigenvalue weighted by Gasteiger charge is 2.50. The third-order valence-corrected chi connectivity index (χ3v) is 7.08. The summed E-state index contributed by atoms with van der Waals surface area (Å²) in [5, 5.41) is 0. The molecular formula is C24H29N3O2. The van der Waals surface area contributed by atoms with Gasteiger partial charge < -0.3 is 14.5 Å². The number of aromatic nitrogens is 1. The van der Waals surface area contributed by atoms with Gasteiger partial charge in [-0.3, -0.25) is 4.79 Å². The number of rotatable bonds is 4. The van der Waals surface area contributed by atoms with Crippen LogP contribution >= 0.6 is 0 Å². The highest BCUT2D eigenvalue weighted by Crippen LogP contribution is 2.47. The van der Waals surface area contributed by atoms with Gasteiger partial charge in [-0.05, 0) is 42.7 Å². The molecule has 5 rings (SSSR count). The number of anilines is 1. The molecule has 1 saturated carbocycles. The zero-order chi connectivity index (χ0) is 19.8. The van der Waals surface area contributed by atoms with E-state index >= 15 is 0 Å². The van der Waals surface area contributed by atoms with Crippen molar-refractivity contribution in [1.82, 2.24) is 9.88 Å². The smallest absolute Gasteiger partial charge is 0.226 e. The zero-order valence-electron chi connectivity index (χ0n) is 17.0. The number of amides is 1. The van der Waals surface area contributed by atoms with Crippen molar-refractivity contribution in [3.05, 3.63) is 54.2 Å². The number of nitrogens with zero attached hydrogens (tertiary/aromatic N) is 3. The van der Waals surface area contributed by atoms with Gasteiger partial charge in [0.15, 0.2) is 0 Å². The SMILES string of the molecule is COc1ccc([C@H]2[C@H]3CN(c4ccccn4)C[C@H]3CN2C(=O)C2CCCC2)cc1. The molecule has 2 saturated heterocycles. The van der Waals surface area contributed by atoms with Crippen molar-refractivity contribution in [1.29, 1.82) is 0 Å². The zero-order valence-corrected chi connectivity index (χ0v) is 17.0. The van der Waals surface area contributed by atoms with Crippen molar-refractivity contribution in [3.8, 4) is 5.75 Å². The summed E-state index contributed by atoms with van der Waals surface area (Å²) in [6.07, 6.45) is 6.36. The lowest BCUT2D eigenvalue weighted by atomic mass is 9.89. The fourth-order valence-electron chi connectivity index (χ4n) is 5.64. The van der Waals surface area contributed by atoms with Crippen LogP contribution in [0.25, 0.3) is 0 Å². The average Bonchev–Trinajstić information content (AvgIpc) is 3.50. The predicted molar refractivity (Wildman–Crippen MR) is 113 cm³/mol. The largest absolute Gasteiger partial charge is 0.497 e. The van der Waals surface area contributed by atoms with E-state index in [1.807, 2.05) is 30.5 Å². The Balaban J connectivity index is 1.43. The van der Waals surface area contributed by atoms with Gasteiger partial charge in [-0.2, -0.15) is 0 Å². The Morgan fingerprint density at radius 1 is 1.03 bits per heavy atom. The summed E-state index contributed by atoms with van der Waals surface area (Å²) in [6.45, 7) is 2.79. The summed E-state index contributed by atoms with van der Waals surface area (Å²) in [4.78, 5) is 22.6. The molecule has 1 aliphatic carbocycles. The fourth-order valence-corrected chi connectivity index (χ4v) is 5.64. The lowest BCUT2D eigenvalue weighted by molar-refractivity contribution is -0.136. The van der Waals surface area contributed by atoms with Gasteiger partial charge in [0.05, 0.1) is 13.2 Å². The van der Waals surface area contributed by atoms with Crippen LogP contribution in [0.3, 0.4) is 0 Å². The van der Waals surface area contributed by atoms with Gasteiger partial charge >= 0.3 is 0 Å². The molecule has 0 spiro atoms. The van der Waals surface area contributed by atoms with Crippen LogP contribution in [0.15, 0.2) is 48.7 Å². The molecule has 1 aromatic heterocycles. The van der Waals surface area contributed by atoms with E-state index in [4.69, 9.17) is 4.74 Å². The molecule has 152 valence electrons. The summed E-state index contributed by atoms with van der Waals surface area (Å²) in [7, 11) is 1.69. The Labute approximate surface area is 172 Å². The van der Waals surface area contributed by atoms with E-state index in [1.54, 1.807) is 7.11 Å². The number of methoxy groups -OCH3 is 1. The van der Waals surface area contributed by atoms with Gasteiger partial charge in [0, 0.05) is 43.6 Å². The lowest BCUT2D eigenvalue weighted by Gasteiger charge is -2.32. The molecule has 1 amide bonds. The molecule has 3 heterocycles. The number of ether oxygens (including phenoxy) is 1. The van der Waals surface area contributed by atoms with Crippen molar-refractivity contribution >= 4 is 11.7 Å². The third kappa shape index (κ3) is 3.37. The summed E-state index contributed by atoms with van der Waals surface area (Å²) in [5.74, 6) is 3.44. The lowest BCUT2D eigenvalue weighted by Crippen LogP contribution is -2.38. The van der Waals surface area contributed by atoms with Crippen LogP contribution in [-0.4, -0.2) is 42.5 Å². The third-order valence-electron chi connectivity index (χ3n) is 7.08. The fraction of sp³-hybridized carbons (Fsp3) is 0.500. The van der Waals surface area contributed by atoms with E-state index in [2.05, 4.69) is 33.0 Å². The van der Waals surface area contributed by atoms with E-state index in [0.29, 0.717) is 17.7 Å². The van der Waals surface area contributed by atoms with Crippen molar-refractivity contribution in [2.75, 3.05) is 31.6 Å². The van der Waals surface area contributed by atoms with E-state index in [1.165, 1.54) is 18.4 Å². The number of hydrogen-bond donors (Lipinski definition) is 0. The molecule has 29 heavy (non-hydrogen) atoms. The average molecular weight is 392 g/mol. The van der Waals surface area contributed by atoms with Crippen LogP contribution in [-0.2, 0) is 4.79 Å². The number of pyridine rings is 1. The Hall–Kier alpha value is -2.56. The number of carbonyl (C=O) groups excluding carboxylic acids is 1. The van der Waals surface area contributed by atoms with Gasteiger partial charge in [0.2, 0.25) is 5.91 Å². The Morgan fingerprint density at radius 3 is 2.52 bits per heavy atom. The van der Waals surface area contributed by atoms with Crippen LogP contribution in [0.1, 0.15) is 37.3 Å². The topological polar surface area (TPSA) is 45.7 Å². The van der Waals surface area contributed by atoms with Gasteiger partial charge in [-0.15, -0.1) is 0 Å². The molecule has 5 nitrogen and oxygen atoms in total. The van der Waals surface area contributed by atoms with Crippen LogP contribution < -0.4 is 9.64 Å². The first-order valence-electron chi connectivity index (χ1n) is 10.8. The Morgan fingerprint density at radius 2 is 1.83 bits per heavy atom. The van der Waals surface area contributed by atoms with Gasteiger partial charge in [0.1, 0.15) is 11.6 Å². The van der Waals surface area contributed by atoms with Crippen LogP contribution in [0, 0.1) is 17.8 Å². The summed E-state index contributed by atoms with van der Waals surface area (Å²) >= 11 is 0. The van der Waals surface area contributed by atoms with Crippen LogP contribution in [0.2, 0.25) is 0 Å². The molecule has 3 aliphatic rings. The van der Waals surface area contributed by atoms with Crippen molar-refractivity contribution < 1.29 is 9.53 Å². The molecule has 3 atom stereocenters. The number of hydrogen-bond acceptors (Lipinski definition) is 4. The number of benzene rings is 1. The molecule has 3 fully saturated rings. The molecule has 5 heteroatoms.